The number of ether oxygens (including phenoxy) is 1. The van der Waals surface area contributed by atoms with Crippen molar-refractivity contribution in [2.45, 2.75) is 39.8 Å². The van der Waals surface area contributed by atoms with Crippen LogP contribution in [0.15, 0.2) is 0 Å². The highest BCUT2D eigenvalue weighted by atomic mass is 79.9. The Morgan fingerprint density at radius 1 is 1.00 bits per heavy atom. The van der Waals surface area contributed by atoms with Crippen LogP contribution in [0.25, 0.3) is 0 Å². The van der Waals surface area contributed by atoms with Crippen LogP contribution in [-0.2, 0) is 18.2 Å². The molecule has 0 aromatic carbocycles. The predicted octanol–water partition coefficient (Wildman–Crippen LogP) is 0.970. The second-order valence-corrected chi connectivity index (χ2v) is 5.17. The number of rotatable bonds is 11. The maximum atomic E-state index is 11.0. The van der Waals surface area contributed by atoms with Crippen LogP contribution in [0, 0.1) is 0 Å². The average Bonchev–Trinajstić information content (AvgIpc) is 2.59. The smallest absolute Gasteiger partial charge is 0.337 e. The first kappa shape index (κ1) is 25.5. The van der Waals surface area contributed by atoms with E-state index in [4.69, 9.17) is 14.9 Å². The number of hydrogen-bond acceptors (Lipinski definition) is 7. The number of aliphatic hydroxyl groups excluding tert-OH is 1. The molecule has 0 aromatic rings. The highest BCUT2D eigenvalue weighted by molar-refractivity contribution is 9.06. The molecule has 0 fully saturated rings. The van der Waals surface area contributed by atoms with Gasteiger partial charge in [0.05, 0.1) is 13.2 Å². The summed E-state index contributed by atoms with van der Waals surface area (Å²) in [5.74, 6) is -1.28. The van der Waals surface area contributed by atoms with E-state index in [-0.39, 0.29) is 13.2 Å². The van der Waals surface area contributed by atoms with E-state index >= 15 is 0 Å². The fraction of sp³-hybridized carbons (Fsp3) is 0.867. The number of carboxylic acid groups (broad SMARTS) is 1. The Morgan fingerprint density at radius 2 is 1.42 bits per heavy atom. The summed E-state index contributed by atoms with van der Waals surface area (Å²) in [5, 5.41) is 17.7. The van der Waals surface area contributed by atoms with Crippen LogP contribution >= 0.6 is 16.3 Å². The van der Waals surface area contributed by atoms with Crippen LogP contribution in [0.1, 0.15) is 27.7 Å². The number of carbonyl (C=O) groups excluding carboxylic acids is 1. The summed E-state index contributed by atoms with van der Waals surface area (Å²) in [6, 6.07) is -1.07. The molecule has 0 saturated heterocycles. The third kappa shape index (κ3) is 9.53. The van der Waals surface area contributed by atoms with E-state index in [0.29, 0.717) is 13.1 Å². The lowest BCUT2D eigenvalue weighted by Crippen LogP contribution is -2.43. The first-order valence-corrected chi connectivity index (χ1v) is 8.65. The molecule has 0 rings (SSSR count). The molecule has 0 aromatic heterocycles. The van der Waals surface area contributed by atoms with Crippen molar-refractivity contribution < 1.29 is 28.4 Å². The topological polar surface area (TPSA) is 99.5 Å². The molecule has 0 spiro atoms. The number of methoxy groups -OCH3 is 1. The van der Waals surface area contributed by atoms with Gasteiger partial charge in [-0.1, -0.05) is 27.7 Å². The highest BCUT2D eigenvalue weighted by Crippen LogP contribution is 2.03. The molecule has 8 nitrogen and oxygen atoms in total. The molecule has 9 heteroatoms. The van der Waals surface area contributed by atoms with Crippen molar-refractivity contribution in [3.63, 3.8) is 0 Å². The Bertz CT molecular complexity index is 328. The van der Waals surface area contributed by atoms with E-state index in [0.717, 1.165) is 13.1 Å². The summed E-state index contributed by atoms with van der Waals surface area (Å²) >= 11 is 2.60. The fourth-order valence-corrected chi connectivity index (χ4v) is 2.43. The third-order valence-corrected chi connectivity index (χ3v) is 3.96. The van der Waals surface area contributed by atoms with Gasteiger partial charge in [-0.05, 0) is 26.2 Å². The van der Waals surface area contributed by atoms with E-state index in [1.165, 1.54) is 7.11 Å². The van der Waals surface area contributed by atoms with Gasteiger partial charge in [-0.3, -0.25) is 14.6 Å². The number of nitrogens with zero attached hydrogens (tertiary/aromatic N) is 2. The fourth-order valence-electron chi connectivity index (χ4n) is 2.21. The van der Waals surface area contributed by atoms with Crippen molar-refractivity contribution in [1.82, 2.24) is 9.80 Å². The molecule has 2 atom stereocenters. The van der Waals surface area contributed by atoms with Gasteiger partial charge in [-0.25, -0.2) is 4.79 Å². The second-order valence-electron chi connectivity index (χ2n) is 4.85. The predicted molar refractivity (Wildman–Crippen MR) is 95.0 cm³/mol. The molecule has 0 aliphatic rings. The summed E-state index contributed by atoms with van der Waals surface area (Å²) in [6.45, 7) is 10.6. The van der Waals surface area contributed by atoms with Gasteiger partial charge in [0.25, 0.3) is 0 Å². The molecule has 24 heavy (non-hydrogen) atoms. The van der Waals surface area contributed by atoms with Crippen molar-refractivity contribution in [3.05, 3.63) is 0 Å². The quantitative estimate of drug-likeness (QED) is 0.515. The summed E-state index contributed by atoms with van der Waals surface area (Å²) in [6.07, 6.45) is 0. The van der Waals surface area contributed by atoms with E-state index in [1.54, 1.807) is 0 Å². The van der Waals surface area contributed by atoms with Crippen LogP contribution in [-0.4, -0.2) is 90.5 Å². The monoisotopic (exact) mass is 414 g/mol. The highest BCUT2D eigenvalue weighted by Gasteiger charge is 2.24. The van der Waals surface area contributed by atoms with Gasteiger partial charge < -0.3 is 18.8 Å². The van der Waals surface area contributed by atoms with Crippen LogP contribution < -0.4 is 0 Å². The molecule has 0 aliphatic heterocycles. The maximum absolute atomic E-state index is 11.0. The van der Waals surface area contributed by atoms with E-state index in [2.05, 4.69) is 20.1 Å². The Balaban J connectivity index is 0. The maximum Gasteiger partial charge on any atom is 0.337 e. The minimum Gasteiger partial charge on any atom is -0.480 e. The van der Waals surface area contributed by atoms with Gasteiger partial charge in [0, 0.05) is 7.11 Å². The van der Waals surface area contributed by atoms with Crippen molar-refractivity contribution in [2.75, 3.05) is 46.5 Å². The van der Waals surface area contributed by atoms with Crippen LogP contribution in [0.4, 0.5) is 0 Å². The third-order valence-electron chi connectivity index (χ3n) is 3.64. The normalized spacial score (nSPS) is 13.2. The first-order valence-electron chi connectivity index (χ1n) is 8.01. The van der Waals surface area contributed by atoms with Crippen LogP contribution in [0.3, 0.4) is 0 Å². The minimum absolute atomic E-state index is 0.216. The van der Waals surface area contributed by atoms with Gasteiger partial charge >= 0.3 is 11.9 Å². The van der Waals surface area contributed by atoms with E-state index < -0.39 is 24.0 Å². The second kappa shape index (κ2) is 15.8. The Kier molecular flexibility index (Phi) is 16.8. The molecule has 0 bridgehead atoms. The number of hydrogen-bond donors (Lipinski definition) is 2. The zero-order chi connectivity index (χ0) is 19.1. The standard InChI is InChI=1S/C8H17NO3.C7H14BrNO3/c1-4-9(5-2)7(6-12-3)8(10)11;1-3-9(4-2)6(5-10)7(11)12-8/h7H,4-6H2,1-3H3,(H,10,11);6,10H,3-5H2,1-2H3/t7-;6-/m11/s1. The number of halogens is 1. The molecular formula is C15H31BrN2O6. The van der Waals surface area contributed by atoms with Gasteiger partial charge in [-0.15, -0.1) is 0 Å². The molecular weight excluding hydrogens is 384 g/mol. The lowest BCUT2D eigenvalue weighted by molar-refractivity contribution is -0.145. The van der Waals surface area contributed by atoms with E-state index in [1.807, 2.05) is 37.5 Å². The summed E-state index contributed by atoms with van der Waals surface area (Å²) < 4.78 is 9.19. The number of aliphatic carboxylic acids is 1. The minimum atomic E-state index is -0.819. The average molecular weight is 415 g/mol. The molecule has 144 valence electrons. The molecule has 0 saturated carbocycles. The number of carboxylic acids is 1. The summed E-state index contributed by atoms with van der Waals surface area (Å²) in [4.78, 5) is 25.4. The Morgan fingerprint density at radius 3 is 1.67 bits per heavy atom. The van der Waals surface area contributed by atoms with Crippen molar-refractivity contribution in [1.29, 1.82) is 0 Å². The van der Waals surface area contributed by atoms with E-state index in [9.17, 15) is 9.59 Å². The van der Waals surface area contributed by atoms with Crippen LogP contribution in [0.2, 0.25) is 0 Å². The number of likely N-dealkylation sites (N-methyl/N-ethyl adjacent to an activating group) is 2. The molecule has 0 amide bonds. The molecule has 0 aliphatic carbocycles. The molecule has 0 unspecified atom stereocenters. The Hall–Kier alpha value is -0.740. The van der Waals surface area contributed by atoms with Gasteiger partial charge in [0.1, 0.15) is 12.1 Å². The van der Waals surface area contributed by atoms with Gasteiger partial charge in [-0.2, -0.15) is 0 Å². The number of carbonyl (C=O) groups is 2. The molecule has 2 N–H and O–H groups in total. The Labute approximate surface area is 153 Å². The van der Waals surface area contributed by atoms with Crippen molar-refractivity contribution >= 4 is 28.2 Å². The summed E-state index contributed by atoms with van der Waals surface area (Å²) in [7, 11) is 1.51. The zero-order valence-electron chi connectivity index (χ0n) is 15.2. The lowest BCUT2D eigenvalue weighted by atomic mass is 10.2. The van der Waals surface area contributed by atoms with Crippen molar-refractivity contribution in [3.8, 4) is 0 Å². The molecule has 0 radical (unpaired) electrons. The summed E-state index contributed by atoms with van der Waals surface area (Å²) in [5.41, 5.74) is 0. The van der Waals surface area contributed by atoms with Gasteiger partial charge in [0.15, 0.2) is 16.3 Å². The largest absolute Gasteiger partial charge is 0.480 e. The molecule has 0 heterocycles. The lowest BCUT2D eigenvalue weighted by Gasteiger charge is -2.25. The zero-order valence-corrected chi connectivity index (χ0v) is 16.8. The van der Waals surface area contributed by atoms with Gasteiger partial charge in [0.2, 0.25) is 0 Å². The van der Waals surface area contributed by atoms with Crippen LogP contribution in [0.5, 0.6) is 0 Å². The number of aliphatic hydroxyl groups is 1. The van der Waals surface area contributed by atoms with Crippen molar-refractivity contribution in [2.24, 2.45) is 0 Å². The SMILES string of the molecule is CCN(CC)[C@H](CO)C(=O)OBr.CCN(CC)[C@H](COC)C(=O)O. The first-order chi connectivity index (χ1) is 11.4.